The lowest BCUT2D eigenvalue weighted by Gasteiger charge is -2.19. The summed E-state index contributed by atoms with van der Waals surface area (Å²) < 4.78 is 13.3. The second-order valence-electron chi connectivity index (χ2n) is 6.41. The zero-order valence-corrected chi connectivity index (χ0v) is 17.2. The molecule has 2 aromatic carbocycles. The predicted octanol–water partition coefficient (Wildman–Crippen LogP) is 5.81. The fraction of sp³-hybridized carbons (Fsp3) is 0.0952. The fourth-order valence-corrected chi connectivity index (χ4v) is 4.32. The molecule has 0 aliphatic heterocycles. The molecule has 0 fully saturated rings. The van der Waals surface area contributed by atoms with E-state index < -0.39 is 5.82 Å². The minimum absolute atomic E-state index is 0.140. The lowest BCUT2D eigenvalue weighted by atomic mass is 10.1. The van der Waals surface area contributed by atoms with Gasteiger partial charge in [0.25, 0.3) is 5.91 Å². The molecule has 29 heavy (non-hydrogen) atoms. The summed E-state index contributed by atoms with van der Waals surface area (Å²) in [6, 6.07) is 13.7. The smallest absolute Gasteiger partial charge is 0.266 e. The molecule has 0 saturated carbocycles. The number of thiophene rings is 1. The molecule has 4 aromatic rings. The van der Waals surface area contributed by atoms with E-state index in [-0.39, 0.29) is 10.9 Å². The number of benzene rings is 2. The number of carbonyl (C=O) groups excluding carboxylic acids is 1. The van der Waals surface area contributed by atoms with Gasteiger partial charge in [-0.05, 0) is 42.8 Å². The van der Waals surface area contributed by atoms with Crippen LogP contribution in [0.4, 0.5) is 21.6 Å². The highest BCUT2D eigenvalue weighted by Gasteiger charge is 2.22. The predicted molar refractivity (Wildman–Crippen MR) is 116 cm³/mol. The quantitative estimate of drug-likeness (QED) is 0.447. The maximum absolute atomic E-state index is 13.3. The second-order valence-corrected chi connectivity index (χ2v) is 7.81. The van der Waals surface area contributed by atoms with Crippen LogP contribution in [-0.2, 0) is 0 Å². The monoisotopic (exact) mass is 426 g/mol. The summed E-state index contributed by atoms with van der Waals surface area (Å²) in [5.74, 6) is -0.0731. The van der Waals surface area contributed by atoms with Crippen molar-refractivity contribution in [1.82, 2.24) is 9.97 Å². The summed E-state index contributed by atoms with van der Waals surface area (Å²) in [6.45, 7) is 1.87. The number of aromatic nitrogens is 2. The molecule has 0 atom stereocenters. The van der Waals surface area contributed by atoms with Gasteiger partial charge in [0.1, 0.15) is 22.8 Å². The maximum Gasteiger partial charge on any atom is 0.266 e. The zero-order valence-electron chi connectivity index (χ0n) is 15.6. The molecular weight excluding hydrogens is 411 g/mol. The average Bonchev–Trinajstić information content (AvgIpc) is 3.07. The molecule has 5 nitrogen and oxygen atoms in total. The minimum Gasteiger partial charge on any atom is -0.329 e. The number of para-hydroxylation sites is 1. The number of hydrogen-bond donors (Lipinski definition) is 1. The molecular formula is C21H16ClFN4OS. The lowest BCUT2D eigenvalue weighted by molar-refractivity contribution is 0.103. The summed E-state index contributed by atoms with van der Waals surface area (Å²) in [5, 5.41) is 3.71. The van der Waals surface area contributed by atoms with E-state index >= 15 is 0 Å². The number of anilines is 3. The first kappa shape index (κ1) is 19.3. The highest BCUT2D eigenvalue weighted by atomic mass is 35.5. The van der Waals surface area contributed by atoms with Gasteiger partial charge in [0, 0.05) is 12.7 Å². The van der Waals surface area contributed by atoms with Crippen LogP contribution in [0.3, 0.4) is 0 Å². The molecule has 1 amide bonds. The van der Waals surface area contributed by atoms with Crippen molar-refractivity contribution >= 4 is 56.3 Å². The Morgan fingerprint density at radius 1 is 1.17 bits per heavy atom. The first-order chi connectivity index (χ1) is 14.0. The van der Waals surface area contributed by atoms with Crippen molar-refractivity contribution in [3.63, 3.8) is 0 Å². The van der Waals surface area contributed by atoms with E-state index in [1.54, 1.807) is 0 Å². The molecule has 146 valence electrons. The number of halogens is 2. The number of carbonyl (C=O) groups is 1. The molecule has 0 aliphatic carbocycles. The van der Waals surface area contributed by atoms with Gasteiger partial charge in [0.2, 0.25) is 0 Å². The van der Waals surface area contributed by atoms with Crippen molar-refractivity contribution in [2.75, 3.05) is 17.3 Å². The molecule has 0 saturated heterocycles. The molecule has 8 heteroatoms. The molecule has 2 heterocycles. The molecule has 0 unspecified atom stereocenters. The fourth-order valence-electron chi connectivity index (χ4n) is 3.07. The lowest BCUT2D eigenvalue weighted by Crippen LogP contribution is -2.13. The minimum atomic E-state index is -0.463. The molecule has 2 aromatic heterocycles. The number of nitrogens with zero attached hydrogens (tertiary/aromatic N) is 3. The van der Waals surface area contributed by atoms with E-state index in [0.717, 1.165) is 22.7 Å². The standard InChI is InChI=1S/C21H16ClFN4OS/c1-12-17-19(27(2)14-6-4-3-5-7-14)24-11-25-21(17)29-18(12)20(28)26-16-9-8-13(23)10-15(16)22/h3-11H,1-2H3,(H,26,28). The van der Waals surface area contributed by atoms with Gasteiger partial charge in [0.05, 0.1) is 21.0 Å². The van der Waals surface area contributed by atoms with E-state index in [1.165, 1.54) is 29.8 Å². The molecule has 0 aliphatic rings. The van der Waals surface area contributed by atoms with Crippen molar-refractivity contribution in [2.45, 2.75) is 6.92 Å². The van der Waals surface area contributed by atoms with E-state index in [1.807, 2.05) is 49.2 Å². The number of fused-ring (bicyclic) bond motifs is 1. The van der Waals surface area contributed by atoms with Crippen LogP contribution in [-0.4, -0.2) is 22.9 Å². The molecule has 0 bridgehead atoms. The highest BCUT2D eigenvalue weighted by molar-refractivity contribution is 7.20. The van der Waals surface area contributed by atoms with Gasteiger partial charge in [-0.25, -0.2) is 14.4 Å². The molecule has 1 N–H and O–H groups in total. The Morgan fingerprint density at radius 2 is 1.93 bits per heavy atom. The van der Waals surface area contributed by atoms with Gasteiger partial charge in [-0.3, -0.25) is 4.79 Å². The number of hydrogen-bond acceptors (Lipinski definition) is 5. The van der Waals surface area contributed by atoms with Crippen molar-refractivity contribution in [1.29, 1.82) is 0 Å². The summed E-state index contributed by atoms with van der Waals surface area (Å²) in [5.41, 5.74) is 2.10. The van der Waals surface area contributed by atoms with Crippen molar-refractivity contribution < 1.29 is 9.18 Å². The third-order valence-electron chi connectivity index (χ3n) is 4.55. The summed E-state index contributed by atoms with van der Waals surface area (Å²) in [6.07, 6.45) is 1.49. The van der Waals surface area contributed by atoms with E-state index in [0.29, 0.717) is 21.2 Å². The van der Waals surface area contributed by atoms with Crippen molar-refractivity contribution in [3.05, 3.63) is 76.1 Å². The van der Waals surface area contributed by atoms with Gasteiger partial charge < -0.3 is 10.2 Å². The van der Waals surface area contributed by atoms with Gasteiger partial charge >= 0.3 is 0 Å². The number of nitrogens with one attached hydrogen (secondary N) is 1. The topological polar surface area (TPSA) is 58.1 Å². The van der Waals surface area contributed by atoms with Crippen LogP contribution in [0, 0.1) is 12.7 Å². The van der Waals surface area contributed by atoms with Crippen molar-refractivity contribution in [2.24, 2.45) is 0 Å². The van der Waals surface area contributed by atoms with Gasteiger partial charge in [-0.2, -0.15) is 0 Å². The zero-order chi connectivity index (χ0) is 20.5. The van der Waals surface area contributed by atoms with Gasteiger partial charge in [-0.15, -0.1) is 11.3 Å². The Bertz CT molecular complexity index is 1210. The normalized spacial score (nSPS) is 10.9. The Kier molecular flexibility index (Phi) is 5.17. The summed E-state index contributed by atoms with van der Waals surface area (Å²) in [4.78, 5) is 24.9. The maximum atomic E-state index is 13.3. The molecule has 4 rings (SSSR count). The number of amides is 1. The summed E-state index contributed by atoms with van der Waals surface area (Å²) in [7, 11) is 1.92. The van der Waals surface area contributed by atoms with Crippen LogP contribution in [0.15, 0.2) is 54.9 Å². The first-order valence-corrected chi connectivity index (χ1v) is 9.94. The Labute approximate surface area is 175 Å². The Hall–Kier alpha value is -3.03. The highest BCUT2D eigenvalue weighted by Crippen LogP contribution is 2.37. The van der Waals surface area contributed by atoms with E-state index in [4.69, 9.17) is 11.6 Å². The van der Waals surface area contributed by atoms with Crippen LogP contribution in [0.1, 0.15) is 15.2 Å². The third kappa shape index (κ3) is 3.66. The van der Waals surface area contributed by atoms with Crippen LogP contribution in [0.5, 0.6) is 0 Å². The van der Waals surface area contributed by atoms with Crippen LogP contribution in [0.25, 0.3) is 10.2 Å². The first-order valence-electron chi connectivity index (χ1n) is 8.75. The van der Waals surface area contributed by atoms with E-state index in [2.05, 4.69) is 15.3 Å². The Balaban J connectivity index is 1.73. The van der Waals surface area contributed by atoms with Crippen molar-refractivity contribution in [3.8, 4) is 0 Å². The SMILES string of the molecule is Cc1c(C(=O)Nc2ccc(F)cc2Cl)sc2ncnc(N(C)c3ccccc3)c12. The third-order valence-corrected chi connectivity index (χ3v) is 6.06. The second kappa shape index (κ2) is 7.77. The number of aryl methyl sites for hydroxylation is 1. The average molecular weight is 427 g/mol. The van der Waals surface area contributed by atoms with Crippen LogP contribution >= 0.6 is 22.9 Å². The van der Waals surface area contributed by atoms with Gasteiger partial charge in [-0.1, -0.05) is 29.8 Å². The summed E-state index contributed by atoms with van der Waals surface area (Å²) >= 11 is 7.31. The van der Waals surface area contributed by atoms with Crippen LogP contribution < -0.4 is 10.2 Å². The molecule has 0 spiro atoms. The van der Waals surface area contributed by atoms with Crippen LogP contribution in [0.2, 0.25) is 5.02 Å². The van der Waals surface area contributed by atoms with Gasteiger partial charge in [0.15, 0.2) is 0 Å². The largest absolute Gasteiger partial charge is 0.329 e. The Morgan fingerprint density at radius 3 is 2.66 bits per heavy atom. The van der Waals surface area contributed by atoms with E-state index in [9.17, 15) is 9.18 Å². The number of rotatable bonds is 4. The molecule has 0 radical (unpaired) electrons.